The second kappa shape index (κ2) is 8.28. The Bertz CT molecular complexity index is 1070. The fourth-order valence-electron chi connectivity index (χ4n) is 2.33. The number of pyridine rings is 1. The number of amides is 2. The van der Waals surface area contributed by atoms with Gasteiger partial charge in [-0.3, -0.25) is 19.7 Å². The average Bonchev–Trinajstić information content (AvgIpc) is 3.06. The van der Waals surface area contributed by atoms with E-state index >= 15 is 0 Å². The Labute approximate surface area is 171 Å². The van der Waals surface area contributed by atoms with Crippen molar-refractivity contribution < 1.29 is 14.5 Å². The molecule has 0 atom stereocenters. The second-order valence-electron chi connectivity index (χ2n) is 5.66. The van der Waals surface area contributed by atoms with Gasteiger partial charge in [0, 0.05) is 28.0 Å². The van der Waals surface area contributed by atoms with Crippen molar-refractivity contribution in [3.8, 4) is 0 Å². The quantitative estimate of drug-likeness (QED) is 0.425. The normalized spacial score (nSPS) is 10.4. The lowest BCUT2D eigenvalue weighted by Gasteiger charge is -2.07. The number of carbonyl (C=O) groups excluding carboxylic acids is 2. The van der Waals surface area contributed by atoms with Crippen molar-refractivity contribution in [2.45, 2.75) is 6.92 Å². The number of halogens is 1. The van der Waals surface area contributed by atoms with Gasteiger partial charge < -0.3 is 10.6 Å². The number of aryl methyl sites for hydroxylation is 1. The molecule has 2 N–H and O–H groups in total. The van der Waals surface area contributed by atoms with Crippen LogP contribution in [-0.4, -0.2) is 21.7 Å². The van der Waals surface area contributed by atoms with Gasteiger partial charge in [-0.2, -0.15) is 0 Å². The zero-order valence-corrected chi connectivity index (χ0v) is 16.8. The summed E-state index contributed by atoms with van der Waals surface area (Å²) in [6.07, 6.45) is 1.56. The minimum absolute atomic E-state index is 0.0923. The molecule has 0 bridgehead atoms. The molecule has 28 heavy (non-hydrogen) atoms. The first-order valence-corrected chi connectivity index (χ1v) is 9.53. The number of benzene rings is 1. The maximum absolute atomic E-state index is 12.4. The fourth-order valence-corrected chi connectivity index (χ4v) is 3.45. The monoisotopic (exact) mass is 460 g/mol. The number of nitro groups is 1. The van der Waals surface area contributed by atoms with E-state index in [1.54, 1.807) is 43.5 Å². The van der Waals surface area contributed by atoms with E-state index in [1.807, 2.05) is 0 Å². The van der Waals surface area contributed by atoms with Crippen LogP contribution in [-0.2, 0) is 0 Å². The van der Waals surface area contributed by atoms with E-state index in [0.29, 0.717) is 21.9 Å². The summed E-state index contributed by atoms with van der Waals surface area (Å²) in [4.78, 5) is 39.9. The number of nitrogens with one attached hydrogen (secondary N) is 2. The molecule has 0 radical (unpaired) electrons. The van der Waals surface area contributed by atoms with Crippen molar-refractivity contribution in [1.29, 1.82) is 0 Å². The van der Waals surface area contributed by atoms with Gasteiger partial charge >= 0.3 is 0 Å². The van der Waals surface area contributed by atoms with Gasteiger partial charge in [-0.25, -0.2) is 4.98 Å². The summed E-state index contributed by atoms with van der Waals surface area (Å²) in [5.74, 6) is -0.467. The minimum Gasteiger partial charge on any atom is -0.321 e. The molecule has 0 spiro atoms. The molecular formula is C18H13BrN4O4S. The van der Waals surface area contributed by atoms with E-state index in [1.165, 1.54) is 12.1 Å². The van der Waals surface area contributed by atoms with Crippen LogP contribution in [0.2, 0.25) is 0 Å². The van der Waals surface area contributed by atoms with Crippen molar-refractivity contribution in [1.82, 2.24) is 4.98 Å². The standard InChI is InChI=1S/C18H13BrN4O4S/c1-10-14(23(26)27)8-15(28-10)18(25)21-13-4-2-3-11(7-13)17(24)22-16-6-5-12(19)9-20-16/h2-9H,1H3,(H,21,25)(H,20,22,24). The van der Waals surface area contributed by atoms with Crippen LogP contribution in [0, 0.1) is 17.0 Å². The van der Waals surface area contributed by atoms with Gasteiger partial charge in [-0.1, -0.05) is 6.07 Å². The molecule has 10 heteroatoms. The Balaban J connectivity index is 1.73. The number of carbonyl (C=O) groups is 2. The molecule has 0 aliphatic heterocycles. The number of rotatable bonds is 5. The molecule has 3 rings (SSSR count). The van der Waals surface area contributed by atoms with E-state index in [4.69, 9.17) is 0 Å². The molecule has 0 saturated heterocycles. The fraction of sp³-hybridized carbons (Fsp3) is 0.0556. The molecule has 0 saturated carbocycles. The molecule has 142 valence electrons. The van der Waals surface area contributed by atoms with E-state index < -0.39 is 10.8 Å². The molecule has 3 aromatic rings. The average molecular weight is 461 g/mol. The molecule has 0 aliphatic rings. The molecule has 1 aromatic carbocycles. The van der Waals surface area contributed by atoms with E-state index in [-0.39, 0.29) is 16.5 Å². The van der Waals surface area contributed by atoms with Crippen LogP contribution in [0.5, 0.6) is 0 Å². The SMILES string of the molecule is Cc1sc(C(=O)Nc2cccc(C(=O)Nc3ccc(Br)cn3)c2)cc1[N+](=O)[O-]. The zero-order valence-electron chi connectivity index (χ0n) is 14.4. The Morgan fingerprint density at radius 3 is 2.57 bits per heavy atom. The van der Waals surface area contributed by atoms with Crippen LogP contribution >= 0.6 is 27.3 Å². The number of thiophene rings is 1. The summed E-state index contributed by atoms with van der Waals surface area (Å²) >= 11 is 4.31. The number of aromatic nitrogens is 1. The van der Waals surface area contributed by atoms with Crippen LogP contribution in [0.25, 0.3) is 0 Å². The van der Waals surface area contributed by atoms with Crippen molar-refractivity contribution in [3.63, 3.8) is 0 Å². The minimum atomic E-state index is -0.524. The Morgan fingerprint density at radius 2 is 1.93 bits per heavy atom. The lowest BCUT2D eigenvalue weighted by Crippen LogP contribution is -2.14. The van der Waals surface area contributed by atoms with Crippen LogP contribution in [0.15, 0.2) is 53.1 Å². The third kappa shape index (κ3) is 4.59. The molecule has 2 aromatic heterocycles. The van der Waals surface area contributed by atoms with Crippen LogP contribution in [0.1, 0.15) is 24.9 Å². The second-order valence-corrected chi connectivity index (χ2v) is 7.83. The highest BCUT2D eigenvalue weighted by Crippen LogP contribution is 2.28. The first-order chi connectivity index (χ1) is 13.3. The molecule has 2 amide bonds. The van der Waals surface area contributed by atoms with Gasteiger partial charge in [-0.15, -0.1) is 11.3 Å². The van der Waals surface area contributed by atoms with Gasteiger partial charge in [0.05, 0.1) is 14.7 Å². The number of hydrogen-bond acceptors (Lipinski definition) is 6. The summed E-state index contributed by atoms with van der Waals surface area (Å²) < 4.78 is 0.791. The van der Waals surface area contributed by atoms with Crippen LogP contribution < -0.4 is 10.6 Å². The summed E-state index contributed by atoms with van der Waals surface area (Å²) in [6.45, 7) is 1.58. The van der Waals surface area contributed by atoms with Crippen molar-refractivity contribution in [2.24, 2.45) is 0 Å². The predicted molar refractivity (Wildman–Crippen MR) is 110 cm³/mol. The highest BCUT2D eigenvalue weighted by atomic mass is 79.9. The molecule has 0 fully saturated rings. The maximum atomic E-state index is 12.4. The van der Waals surface area contributed by atoms with Gasteiger partial charge in [0.1, 0.15) is 5.82 Å². The first kappa shape index (κ1) is 19.6. The predicted octanol–water partition coefficient (Wildman–Crippen LogP) is 4.63. The number of hydrogen-bond donors (Lipinski definition) is 2. The van der Waals surface area contributed by atoms with Crippen molar-refractivity contribution >= 4 is 56.3 Å². The number of nitrogens with zero attached hydrogens (tertiary/aromatic N) is 2. The largest absolute Gasteiger partial charge is 0.321 e. The number of anilines is 2. The zero-order chi connectivity index (χ0) is 20.3. The van der Waals surface area contributed by atoms with Gasteiger partial charge in [0.15, 0.2) is 0 Å². The molecule has 8 nitrogen and oxygen atoms in total. The maximum Gasteiger partial charge on any atom is 0.283 e. The van der Waals surface area contributed by atoms with Gasteiger partial charge in [0.25, 0.3) is 17.5 Å². The van der Waals surface area contributed by atoms with Crippen molar-refractivity contribution in [3.05, 3.63) is 78.6 Å². The first-order valence-electron chi connectivity index (χ1n) is 7.92. The van der Waals surface area contributed by atoms with Crippen LogP contribution in [0.4, 0.5) is 17.2 Å². The summed E-state index contributed by atoms with van der Waals surface area (Å²) in [7, 11) is 0. The Hall–Kier alpha value is -3.11. The lowest BCUT2D eigenvalue weighted by atomic mass is 10.2. The summed E-state index contributed by atoms with van der Waals surface area (Å²) in [6, 6.07) is 11.0. The lowest BCUT2D eigenvalue weighted by molar-refractivity contribution is -0.385. The summed E-state index contributed by atoms with van der Waals surface area (Å²) in [5.41, 5.74) is 0.635. The smallest absolute Gasteiger partial charge is 0.283 e. The van der Waals surface area contributed by atoms with Gasteiger partial charge in [-0.05, 0) is 53.2 Å². The molecule has 0 aliphatic carbocycles. The molecular weight excluding hydrogens is 448 g/mol. The van der Waals surface area contributed by atoms with Gasteiger partial charge in [0.2, 0.25) is 0 Å². The third-order valence-electron chi connectivity index (χ3n) is 3.66. The third-order valence-corrected chi connectivity index (χ3v) is 5.17. The molecule has 2 heterocycles. The topological polar surface area (TPSA) is 114 Å². The van der Waals surface area contributed by atoms with E-state index in [0.717, 1.165) is 15.8 Å². The van der Waals surface area contributed by atoms with E-state index in [9.17, 15) is 19.7 Å². The Kier molecular flexibility index (Phi) is 5.81. The van der Waals surface area contributed by atoms with E-state index in [2.05, 4.69) is 31.5 Å². The summed E-state index contributed by atoms with van der Waals surface area (Å²) in [5, 5.41) is 16.2. The van der Waals surface area contributed by atoms with Crippen LogP contribution in [0.3, 0.4) is 0 Å². The highest BCUT2D eigenvalue weighted by molar-refractivity contribution is 9.10. The molecule has 0 unspecified atom stereocenters. The Morgan fingerprint density at radius 1 is 1.14 bits per heavy atom. The highest BCUT2D eigenvalue weighted by Gasteiger charge is 2.19. The van der Waals surface area contributed by atoms with Crippen molar-refractivity contribution in [2.75, 3.05) is 10.6 Å².